The molecular weight excluding hydrogens is 641 g/mol. The molecule has 2 aromatic heterocycles. The average molecular weight is 661 g/mol. The molecule has 0 saturated carbocycles. The lowest BCUT2D eigenvalue weighted by molar-refractivity contribution is 1.29. The Morgan fingerprint density at radius 3 is 1.50 bits per heavy atom. The van der Waals surface area contributed by atoms with Crippen LogP contribution in [0.5, 0.6) is 0 Å². The molecule has 0 aliphatic rings. The number of rotatable bonds is 4. The Balaban J connectivity index is 1.51. The molecule has 0 amide bonds. The summed E-state index contributed by atoms with van der Waals surface area (Å²) in [4.78, 5) is 15.6. The largest absolute Gasteiger partial charge is 0.247 e. The van der Waals surface area contributed by atoms with Crippen molar-refractivity contribution in [2.45, 2.75) is 0 Å². The second-order valence-electron chi connectivity index (χ2n) is 12.0. The van der Waals surface area contributed by atoms with E-state index in [0.29, 0.717) is 78.0 Å². The van der Waals surface area contributed by atoms with E-state index >= 15 is 0 Å². The fraction of sp³-hybridized carbons (Fsp3) is 0. The molecule has 0 aliphatic heterocycles. The van der Waals surface area contributed by atoms with Crippen molar-refractivity contribution in [3.63, 3.8) is 0 Å². The van der Waals surface area contributed by atoms with Gasteiger partial charge in [0, 0.05) is 32.8 Å². The van der Waals surface area contributed by atoms with Crippen LogP contribution in [0.25, 0.3) is 77.6 Å². The van der Waals surface area contributed by atoms with Crippen molar-refractivity contribution < 1.29 is 0 Å². The first-order chi connectivity index (χ1) is 25.5. The normalized spacial score (nSPS) is 10.6. The van der Waals surface area contributed by atoms with Crippen LogP contribution in [-0.4, -0.2) is 15.0 Å². The summed E-state index contributed by atoms with van der Waals surface area (Å²) >= 11 is 0. The molecule has 8 nitrogen and oxygen atoms in total. The van der Waals surface area contributed by atoms with Gasteiger partial charge in [0.2, 0.25) is 0 Å². The van der Waals surface area contributed by atoms with Crippen LogP contribution in [0.1, 0.15) is 27.8 Å². The SMILES string of the molecule is N#Cc1ccc(-c2nc3c(C#N)cc4c(-c5ccccc5-c5cc(C#N)cc(C#N)c5)nc5ccccc5c4c3nc2-c2ccc(C#N)cc2)cc1. The van der Waals surface area contributed by atoms with E-state index in [4.69, 9.17) is 15.0 Å². The van der Waals surface area contributed by atoms with Crippen LogP contribution < -0.4 is 0 Å². The molecule has 0 atom stereocenters. The van der Waals surface area contributed by atoms with Gasteiger partial charge in [0.05, 0.1) is 80.2 Å². The summed E-state index contributed by atoms with van der Waals surface area (Å²) in [5, 5.41) is 51.3. The number of nitriles is 5. The molecule has 52 heavy (non-hydrogen) atoms. The van der Waals surface area contributed by atoms with Gasteiger partial charge in [-0.2, -0.15) is 26.3 Å². The van der Waals surface area contributed by atoms with Crippen molar-refractivity contribution in [2.75, 3.05) is 0 Å². The molecular formula is C44H20N8. The van der Waals surface area contributed by atoms with E-state index in [1.165, 1.54) is 0 Å². The quantitative estimate of drug-likeness (QED) is 0.169. The van der Waals surface area contributed by atoms with Crippen molar-refractivity contribution in [1.29, 1.82) is 26.3 Å². The van der Waals surface area contributed by atoms with Crippen molar-refractivity contribution in [3.8, 4) is 75.2 Å². The Kier molecular flexibility index (Phi) is 7.57. The third-order valence-corrected chi connectivity index (χ3v) is 8.99. The van der Waals surface area contributed by atoms with Crippen LogP contribution in [0, 0.1) is 56.7 Å². The van der Waals surface area contributed by atoms with Gasteiger partial charge in [0.25, 0.3) is 0 Å². The topological polar surface area (TPSA) is 158 Å². The number of fused-ring (bicyclic) bond motifs is 5. The standard InChI is InChI=1S/C44H20N8/c45-21-26-9-13-30(14-10-26)40-41(31-15-11-27(22-46)12-16-31)52-44-39-36-7-3-4-8-38(36)50-43(37(39)20-33(25-49)42(44)51-40)35-6-2-1-5-34(35)32-18-28(23-47)17-29(19-32)24-48/h1-20H. The smallest absolute Gasteiger partial charge is 0.108 e. The average Bonchev–Trinajstić information content (AvgIpc) is 3.22. The van der Waals surface area contributed by atoms with Crippen molar-refractivity contribution in [3.05, 3.63) is 149 Å². The molecule has 0 fully saturated rings. The van der Waals surface area contributed by atoms with Crippen LogP contribution in [0.15, 0.2) is 121 Å². The molecule has 0 saturated heterocycles. The lowest BCUT2D eigenvalue weighted by atomic mass is 9.91. The van der Waals surface area contributed by atoms with Gasteiger partial charge in [0.15, 0.2) is 0 Å². The van der Waals surface area contributed by atoms with Crippen LogP contribution in [0.4, 0.5) is 0 Å². The van der Waals surface area contributed by atoms with E-state index in [1.54, 1.807) is 48.5 Å². The van der Waals surface area contributed by atoms with Gasteiger partial charge in [-0.15, -0.1) is 0 Å². The lowest BCUT2D eigenvalue weighted by Crippen LogP contribution is -2.00. The Labute approximate surface area is 297 Å². The first kappa shape index (κ1) is 31.1. The van der Waals surface area contributed by atoms with Gasteiger partial charge in [-0.05, 0) is 65.7 Å². The van der Waals surface area contributed by atoms with E-state index in [2.05, 4.69) is 30.3 Å². The molecule has 236 valence electrons. The summed E-state index contributed by atoms with van der Waals surface area (Å²) in [5.74, 6) is 0. The lowest BCUT2D eigenvalue weighted by Gasteiger charge is -2.17. The van der Waals surface area contributed by atoms with Gasteiger partial charge in [-0.1, -0.05) is 66.7 Å². The molecule has 0 N–H and O–H groups in total. The number of nitrogens with zero attached hydrogens (tertiary/aromatic N) is 8. The Bertz CT molecular complexity index is 2970. The van der Waals surface area contributed by atoms with Crippen LogP contribution >= 0.6 is 0 Å². The van der Waals surface area contributed by atoms with E-state index in [9.17, 15) is 26.3 Å². The third kappa shape index (κ3) is 5.18. The van der Waals surface area contributed by atoms with Crippen LogP contribution in [-0.2, 0) is 0 Å². The van der Waals surface area contributed by atoms with Crippen molar-refractivity contribution >= 4 is 32.7 Å². The third-order valence-electron chi connectivity index (χ3n) is 8.99. The monoisotopic (exact) mass is 660 g/mol. The first-order valence-corrected chi connectivity index (χ1v) is 16.1. The number of benzene rings is 6. The Morgan fingerprint density at radius 1 is 0.385 bits per heavy atom. The summed E-state index contributed by atoms with van der Waals surface area (Å²) in [6.45, 7) is 0. The van der Waals surface area contributed by atoms with E-state index in [-0.39, 0.29) is 0 Å². The predicted molar refractivity (Wildman–Crippen MR) is 198 cm³/mol. The second kappa shape index (κ2) is 12.7. The number of hydrogen-bond donors (Lipinski definition) is 0. The molecule has 0 bridgehead atoms. The van der Waals surface area contributed by atoms with Gasteiger partial charge < -0.3 is 0 Å². The minimum atomic E-state index is 0.297. The fourth-order valence-electron chi connectivity index (χ4n) is 6.58. The van der Waals surface area contributed by atoms with Gasteiger partial charge in [0.1, 0.15) is 11.6 Å². The molecule has 0 spiro atoms. The molecule has 0 radical (unpaired) electrons. The maximum atomic E-state index is 10.6. The summed E-state index contributed by atoms with van der Waals surface area (Å²) in [5.41, 5.74) is 8.91. The highest BCUT2D eigenvalue weighted by atomic mass is 14.8. The fourth-order valence-corrected chi connectivity index (χ4v) is 6.58. The molecule has 0 unspecified atom stereocenters. The zero-order valence-electron chi connectivity index (χ0n) is 27.1. The molecule has 6 aromatic carbocycles. The van der Waals surface area contributed by atoms with Gasteiger partial charge in [-0.3, -0.25) is 0 Å². The maximum Gasteiger partial charge on any atom is 0.108 e. The summed E-state index contributed by atoms with van der Waals surface area (Å²) < 4.78 is 0. The second-order valence-corrected chi connectivity index (χ2v) is 12.0. The minimum absolute atomic E-state index is 0.297. The van der Waals surface area contributed by atoms with Gasteiger partial charge in [-0.25, -0.2) is 15.0 Å². The highest BCUT2D eigenvalue weighted by Crippen LogP contribution is 2.42. The predicted octanol–water partition coefficient (Wildman–Crippen LogP) is 9.36. The zero-order valence-corrected chi connectivity index (χ0v) is 27.1. The minimum Gasteiger partial charge on any atom is -0.247 e. The van der Waals surface area contributed by atoms with E-state index in [1.807, 2.05) is 72.8 Å². The number of aromatic nitrogens is 3. The maximum absolute atomic E-state index is 10.6. The van der Waals surface area contributed by atoms with Crippen LogP contribution in [0.3, 0.4) is 0 Å². The van der Waals surface area contributed by atoms with E-state index in [0.717, 1.165) is 27.5 Å². The Morgan fingerprint density at radius 2 is 0.923 bits per heavy atom. The highest BCUT2D eigenvalue weighted by molar-refractivity contribution is 6.22. The first-order valence-electron chi connectivity index (χ1n) is 16.1. The van der Waals surface area contributed by atoms with Crippen LogP contribution in [0.2, 0.25) is 0 Å². The molecule has 8 aromatic rings. The van der Waals surface area contributed by atoms with Gasteiger partial charge >= 0.3 is 0 Å². The zero-order chi connectivity index (χ0) is 35.8. The molecule has 2 heterocycles. The molecule has 0 aliphatic carbocycles. The highest BCUT2D eigenvalue weighted by Gasteiger charge is 2.22. The number of hydrogen-bond acceptors (Lipinski definition) is 8. The molecule has 8 heteroatoms. The summed E-state index contributed by atoms with van der Waals surface area (Å²) in [6, 6.07) is 47.4. The van der Waals surface area contributed by atoms with Crippen molar-refractivity contribution in [2.24, 2.45) is 0 Å². The number of para-hydroxylation sites is 1. The molecule has 8 rings (SSSR count). The Hall–Kier alpha value is -8.22. The van der Waals surface area contributed by atoms with Crippen molar-refractivity contribution in [1.82, 2.24) is 15.0 Å². The number of pyridine rings is 1. The summed E-state index contributed by atoms with van der Waals surface area (Å²) in [7, 11) is 0. The summed E-state index contributed by atoms with van der Waals surface area (Å²) in [6.07, 6.45) is 0. The van der Waals surface area contributed by atoms with E-state index < -0.39 is 0 Å².